The van der Waals surface area contributed by atoms with E-state index in [0.717, 1.165) is 24.3 Å². The normalized spacial score (nSPS) is 16.3. The van der Waals surface area contributed by atoms with Crippen molar-refractivity contribution >= 4 is 23.5 Å². The lowest BCUT2D eigenvalue weighted by atomic mass is 10.1. The van der Waals surface area contributed by atoms with Crippen LogP contribution in [-0.2, 0) is 11.0 Å². The largest absolute Gasteiger partial charge is 0.497 e. The lowest BCUT2D eigenvalue weighted by Gasteiger charge is -2.16. The molecule has 4 rings (SSSR count). The summed E-state index contributed by atoms with van der Waals surface area (Å²) in [6.45, 7) is 0.319. The van der Waals surface area contributed by atoms with E-state index in [9.17, 15) is 22.8 Å². The van der Waals surface area contributed by atoms with Crippen LogP contribution in [0.5, 0.6) is 5.75 Å². The molecule has 1 atom stereocenters. The van der Waals surface area contributed by atoms with Crippen molar-refractivity contribution in [2.45, 2.75) is 18.5 Å². The maximum atomic E-state index is 12.6. The van der Waals surface area contributed by atoms with Crippen molar-refractivity contribution in [3.63, 3.8) is 0 Å². The van der Waals surface area contributed by atoms with Crippen LogP contribution in [0, 0.1) is 0 Å². The molecule has 1 aliphatic heterocycles. The molecule has 1 fully saturated rings. The van der Waals surface area contributed by atoms with Crippen LogP contribution >= 0.6 is 0 Å². The summed E-state index contributed by atoms with van der Waals surface area (Å²) in [6, 6.07) is 10.5. The number of hydrogen-bond acceptors (Lipinski definition) is 6. The molecule has 0 radical (unpaired) electrons. The van der Waals surface area contributed by atoms with Crippen LogP contribution in [0.15, 0.2) is 52.9 Å². The highest BCUT2D eigenvalue weighted by Gasteiger charge is 2.35. The van der Waals surface area contributed by atoms with E-state index in [2.05, 4.69) is 15.5 Å². The number of anilines is 2. The minimum Gasteiger partial charge on any atom is -0.497 e. The molecule has 32 heavy (non-hydrogen) atoms. The second-order valence-electron chi connectivity index (χ2n) is 7.08. The third-order valence-corrected chi connectivity index (χ3v) is 4.99. The maximum absolute atomic E-state index is 12.6. The van der Waals surface area contributed by atoms with Gasteiger partial charge in [0.05, 0.1) is 18.6 Å². The highest BCUT2D eigenvalue weighted by Crippen LogP contribution is 2.33. The molecule has 1 saturated heterocycles. The molecule has 0 unspecified atom stereocenters. The van der Waals surface area contributed by atoms with E-state index in [4.69, 9.17) is 9.15 Å². The Morgan fingerprint density at radius 1 is 1.12 bits per heavy atom. The molecule has 166 valence electrons. The predicted molar refractivity (Wildman–Crippen MR) is 106 cm³/mol. The highest BCUT2D eigenvalue weighted by molar-refractivity contribution is 6.03. The lowest BCUT2D eigenvalue weighted by molar-refractivity contribution is -0.137. The Morgan fingerprint density at radius 3 is 2.44 bits per heavy atom. The molecule has 1 aliphatic rings. The number of alkyl halides is 3. The molecule has 2 heterocycles. The molecule has 2 aromatic carbocycles. The van der Waals surface area contributed by atoms with E-state index in [0.29, 0.717) is 18.0 Å². The zero-order chi connectivity index (χ0) is 22.9. The summed E-state index contributed by atoms with van der Waals surface area (Å²) in [5.74, 6) is -0.335. The number of carbonyl (C=O) groups is 2. The molecule has 0 bridgehead atoms. The van der Waals surface area contributed by atoms with Crippen LogP contribution in [0.3, 0.4) is 0 Å². The summed E-state index contributed by atoms with van der Waals surface area (Å²) in [5.41, 5.74) is -0.158. The Labute approximate surface area is 180 Å². The summed E-state index contributed by atoms with van der Waals surface area (Å²) in [4.78, 5) is 26.3. The van der Waals surface area contributed by atoms with Gasteiger partial charge >= 0.3 is 12.2 Å². The Bertz CT molecular complexity index is 1130. The van der Waals surface area contributed by atoms with Gasteiger partial charge in [-0.15, -0.1) is 5.10 Å². The summed E-state index contributed by atoms with van der Waals surface area (Å²) in [5, 5.41) is 10.0. The number of hydrogen-bond donors (Lipinski definition) is 1. The van der Waals surface area contributed by atoms with Gasteiger partial charge in [0.25, 0.3) is 5.91 Å². The molecule has 8 nitrogen and oxygen atoms in total. The first-order valence-corrected chi connectivity index (χ1v) is 9.51. The fraction of sp³-hybridized carbons (Fsp3) is 0.238. The SMILES string of the molecule is COc1ccc(N2C[C@H](c3nnc(NC(=O)c4ccc(C(F)(F)F)cc4)o3)CC2=O)cc1. The number of rotatable bonds is 5. The van der Waals surface area contributed by atoms with E-state index in [1.54, 1.807) is 36.3 Å². The second-order valence-corrected chi connectivity index (χ2v) is 7.08. The van der Waals surface area contributed by atoms with Gasteiger partial charge in [-0.2, -0.15) is 13.2 Å². The average Bonchev–Trinajstić information content (AvgIpc) is 3.40. The van der Waals surface area contributed by atoms with Gasteiger partial charge < -0.3 is 14.1 Å². The van der Waals surface area contributed by atoms with Gasteiger partial charge in [0.1, 0.15) is 5.75 Å². The van der Waals surface area contributed by atoms with Gasteiger partial charge in [-0.3, -0.25) is 14.9 Å². The van der Waals surface area contributed by atoms with Gasteiger partial charge in [-0.05, 0) is 48.5 Å². The first-order valence-electron chi connectivity index (χ1n) is 9.51. The van der Waals surface area contributed by atoms with Gasteiger partial charge in [-0.1, -0.05) is 5.10 Å². The van der Waals surface area contributed by atoms with Crippen LogP contribution in [0.25, 0.3) is 0 Å². The monoisotopic (exact) mass is 446 g/mol. The summed E-state index contributed by atoms with van der Waals surface area (Å²) in [6.07, 6.45) is -4.34. The Balaban J connectivity index is 1.41. The second kappa shape index (κ2) is 8.33. The van der Waals surface area contributed by atoms with Crippen molar-refractivity contribution < 1.29 is 31.9 Å². The average molecular weight is 446 g/mol. The number of halogens is 3. The molecule has 3 aromatic rings. The van der Waals surface area contributed by atoms with Gasteiger partial charge in [0, 0.05) is 24.2 Å². The molecule has 1 aromatic heterocycles. The highest BCUT2D eigenvalue weighted by atomic mass is 19.4. The summed E-state index contributed by atoms with van der Waals surface area (Å²) in [7, 11) is 1.55. The fourth-order valence-electron chi connectivity index (χ4n) is 3.31. The molecule has 2 amide bonds. The molecule has 0 saturated carbocycles. The molecule has 1 N–H and O–H groups in total. The lowest BCUT2D eigenvalue weighted by Crippen LogP contribution is -2.24. The van der Waals surface area contributed by atoms with Crippen molar-refractivity contribution in [1.29, 1.82) is 0 Å². The predicted octanol–water partition coefficient (Wildman–Crippen LogP) is 3.87. The summed E-state index contributed by atoms with van der Waals surface area (Å²) >= 11 is 0. The van der Waals surface area contributed by atoms with Crippen LogP contribution < -0.4 is 15.0 Å². The van der Waals surface area contributed by atoms with E-state index in [-0.39, 0.29) is 35.7 Å². The van der Waals surface area contributed by atoms with E-state index >= 15 is 0 Å². The van der Waals surface area contributed by atoms with Gasteiger partial charge in [0.15, 0.2) is 0 Å². The minimum atomic E-state index is -4.49. The third kappa shape index (κ3) is 4.41. The molecule has 0 spiro atoms. The summed E-state index contributed by atoms with van der Waals surface area (Å²) < 4.78 is 48.5. The van der Waals surface area contributed by atoms with Crippen LogP contribution in [0.2, 0.25) is 0 Å². The van der Waals surface area contributed by atoms with E-state index in [1.807, 2.05) is 0 Å². The third-order valence-electron chi connectivity index (χ3n) is 4.99. The quantitative estimate of drug-likeness (QED) is 0.639. The zero-order valence-corrected chi connectivity index (χ0v) is 16.7. The molecular weight excluding hydrogens is 429 g/mol. The number of methoxy groups -OCH3 is 1. The maximum Gasteiger partial charge on any atom is 0.416 e. The number of carbonyl (C=O) groups excluding carboxylic acids is 2. The van der Waals surface area contributed by atoms with Crippen LogP contribution in [-0.4, -0.2) is 35.7 Å². The fourth-order valence-corrected chi connectivity index (χ4v) is 3.31. The van der Waals surface area contributed by atoms with Gasteiger partial charge in [-0.25, -0.2) is 0 Å². The first kappa shape index (κ1) is 21.3. The smallest absolute Gasteiger partial charge is 0.416 e. The number of amides is 2. The molecule has 0 aliphatic carbocycles. The van der Waals surface area contributed by atoms with Crippen LogP contribution in [0.4, 0.5) is 24.9 Å². The number of benzene rings is 2. The topological polar surface area (TPSA) is 97.6 Å². The van der Waals surface area contributed by atoms with Crippen molar-refractivity contribution in [2.24, 2.45) is 0 Å². The van der Waals surface area contributed by atoms with Crippen molar-refractivity contribution in [1.82, 2.24) is 10.2 Å². The zero-order valence-electron chi connectivity index (χ0n) is 16.7. The van der Waals surface area contributed by atoms with Crippen molar-refractivity contribution in [3.8, 4) is 5.75 Å². The Hall–Kier alpha value is -3.89. The Morgan fingerprint density at radius 2 is 1.81 bits per heavy atom. The number of ether oxygens (including phenoxy) is 1. The molecule has 11 heteroatoms. The minimum absolute atomic E-state index is 0.000486. The first-order chi connectivity index (χ1) is 15.2. The Kier molecular flexibility index (Phi) is 5.56. The van der Waals surface area contributed by atoms with Crippen LogP contribution in [0.1, 0.15) is 34.2 Å². The number of nitrogens with zero attached hydrogens (tertiary/aromatic N) is 3. The number of aromatic nitrogens is 2. The standard InChI is InChI=1S/C21H17F3N4O4/c1-31-16-8-6-15(7-9-16)28-11-13(10-17(28)29)19-26-27-20(32-19)25-18(30)12-2-4-14(5-3-12)21(22,23)24/h2-9,13H,10-11H2,1H3,(H,25,27,30)/t13-/m1/s1. The van der Waals surface area contributed by atoms with E-state index in [1.165, 1.54) is 0 Å². The number of nitrogens with one attached hydrogen (secondary N) is 1. The van der Waals surface area contributed by atoms with Crippen molar-refractivity contribution in [3.05, 3.63) is 65.5 Å². The van der Waals surface area contributed by atoms with Crippen molar-refractivity contribution in [2.75, 3.05) is 23.9 Å². The van der Waals surface area contributed by atoms with E-state index < -0.39 is 17.6 Å². The molecular formula is C21H17F3N4O4. The van der Waals surface area contributed by atoms with Gasteiger partial charge in [0.2, 0.25) is 11.8 Å².